The third-order valence-electron chi connectivity index (χ3n) is 12.6. The van der Waals surface area contributed by atoms with Gasteiger partial charge in [0.2, 0.25) is 0 Å². The number of fused-ring (bicyclic) bond motifs is 6. The predicted octanol–water partition coefficient (Wildman–Crippen LogP) is 8.26. The van der Waals surface area contributed by atoms with Crippen molar-refractivity contribution < 1.29 is 41.4 Å². The smallest absolute Gasteiger partial charge is 1.00 e. The molecule has 0 saturated carbocycles. The maximum atomic E-state index is 2.59. The minimum atomic E-state index is -2.51. The third kappa shape index (κ3) is 5.00. The molecule has 0 N–H and O–H groups in total. The molecule has 1 saturated heterocycles. The van der Waals surface area contributed by atoms with E-state index in [-0.39, 0.29) is 24.8 Å². The fourth-order valence-electron chi connectivity index (χ4n) is 10.6. The van der Waals surface area contributed by atoms with Crippen molar-refractivity contribution in [2.45, 2.75) is 31.7 Å². The van der Waals surface area contributed by atoms with Gasteiger partial charge < -0.3 is 24.8 Å². The van der Waals surface area contributed by atoms with Crippen molar-refractivity contribution in [3.05, 3.63) is 179 Å². The van der Waals surface area contributed by atoms with Gasteiger partial charge in [0.1, 0.15) is 0 Å². The molecule has 0 aromatic heterocycles. The molecule has 2 atom stereocenters. The molecule has 2 unspecified atom stereocenters. The summed E-state index contributed by atoms with van der Waals surface area (Å²) >= 11 is -2.51. The first-order valence-electron chi connectivity index (χ1n) is 18.5. The standard InChI is InChI=1S/2C24H17.C2H4.2ClH.Ti/c2*1-16-13-17-9-6-12-22(23(17)14-16)24-20-10-4-2-7-18(20)15-19-8-3-5-11-21(19)24;1-2;;;/h2*2-15H,1H3;1-2H2;2*1H;/q;;;;;+2/p-2. The van der Waals surface area contributed by atoms with E-state index in [9.17, 15) is 0 Å². The largest absolute Gasteiger partial charge is 1.00 e. The normalized spacial score (nSPS) is 17.3. The van der Waals surface area contributed by atoms with Gasteiger partial charge in [0, 0.05) is 0 Å². The van der Waals surface area contributed by atoms with Crippen LogP contribution in [0, 0.1) is 0 Å². The maximum Gasteiger partial charge on any atom is -1.00 e. The first kappa shape index (κ1) is 34.3. The second-order valence-electron chi connectivity index (χ2n) is 15.4. The van der Waals surface area contributed by atoms with Crippen LogP contribution in [0.2, 0.25) is 9.45 Å². The molecule has 3 aliphatic rings. The Labute approximate surface area is 327 Å². The number of rotatable bonds is 4. The Balaban J connectivity index is 0.00000186. The number of benzene rings is 8. The molecule has 0 radical (unpaired) electrons. The molecule has 8 aromatic rings. The summed E-state index contributed by atoms with van der Waals surface area (Å²) < 4.78 is 4.05. The first-order valence-corrected chi connectivity index (χ1v) is 22.6. The molecule has 256 valence electrons. The van der Waals surface area contributed by atoms with E-state index in [1.807, 2.05) is 0 Å². The number of hydrogen-bond acceptors (Lipinski definition) is 0. The zero-order valence-corrected chi connectivity index (χ0v) is 32.9. The third-order valence-corrected chi connectivity index (χ3v) is 21.2. The van der Waals surface area contributed by atoms with Crippen molar-refractivity contribution in [3.8, 4) is 22.3 Å². The van der Waals surface area contributed by atoms with Gasteiger partial charge in [-0.3, -0.25) is 0 Å². The van der Waals surface area contributed by atoms with Crippen LogP contribution in [-0.4, -0.2) is 0 Å². The molecule has 53 heavy (non-hydrogen) atoms. The Bertz CT molecular complexity index is 2560. The van der Waals surface area contributed by atoms with Crippen LogP contribution in [0.4, 0.5) is 0 Å². The van der Waals surface area contributed by atoms with E-state index in [4.69, 9.17) is 0 Å². The molecule has 3 heteroatoms. The Morgan fingerprint density at radius 1 is 0.415 bits per heavy atom. The van der Waals surface area contributed by atoms with Gasteiger partial charge in [0.25, 0.3) is 0 Å². The van der Waals surface area contributed by atoms with Crippen LogP contribution in [-0.2, 0) is 16.6 Å². The zero-order valence-electron chi connectivity index (χ0n) is 29.8. The van der Waals surface area contributed by atoms with E-state index in [1.165, 1.54) is 85.9 Å². The predicted molar refractivity (Wildman–Crippen MR) is 216 cm³/mol. The molecule has 0 spiro atoms. The van der Waals surface area contributed by atoms with Crippen LogP contribution in [0.25, 0.3) is 77.5 Å². The SMILES string of the molecule is CC1=Cc2c(-c3c4ccccc4cc4ccccc34)cccc2[CH]1[Ti+2]1([CH]2C(C)=Cc3c(-c4c5ccccc5cc5ccccc45)cccc32)[CH2][CH2]1.[Cl-].[Cl-]. The molecule has 0 amide bonds. The van der Waals surface area contributed by atoms with Crippen molar-refractivity contribution in [2.75, 3.05) is 0 Å². The van der Waals surface area contributed by atoms with Crippen molar-refractivity contribution in [1.29, 1.82) is 0 Å². The molecular weight excluding hydrogens is 719 g/mol. The Kier molecular flexibility index (Phi) is 8.34. The van der Waals surface area contributed by atoms with Crippen LogP contribution < -0.4 is 24.8 Å². The molecule has 8 aromatic carbocycles. The molecule has 1 fully saturated rings. The molecule has 2 aliphatic carbocycles. The van der Waals surface area contributed by atoms with Gasteiger partial charge in [-0.25, -0.2) is 0 Å². The zero-order chi connectivity index (χ0) is 33.8. The van der Waals surface area contributed by atoms with E-state index in [1.54, 1.807) is 22.3 Å². The van der Waals surface area contributed by atoms with E-state index >= 15 is 0 Å². The molecule has 0 bridgehead atoms. The van der Waals surface area contributed by atoms with Crippen molar-refractivity contribution >= 4 is 55.2 Å². The van der Waals surface area contributed by atoms with Crippen LogP contribution >= 0.6 is 0 Å². The molecular formula is C50H38Cl2Ti. The summed E-state index contributed by atoms with van der Waals surface area (Å²) in [7, 11) is 0. The second kappa shape index (κ2) is 12.9. The fraction of sp³-hybridized carbons (Fsp3) is 0.120. The van der Waals surface area contributed by atoms with Gasteiger partial charge in [0.05, 0.1) is 0 Å². The minimum absolute atomic E-state index is 0. The monoisotopic (exact) mass is 756 g/mol. The molecule has 11 rings (SSSR count). The summed E-state index contributed by atoms with van der Waals surface area (Å²) in [5.41, 5.74) is 14.9. The van der Waals surface area contributed by atoms with Crippen LogP contribution in [0.3, 0.4) is 0 Å². The van der Waals surface area contributed by atoms with E-state index < -0.39 is 16.6 Å². The molecule has 1 aliphatic heterocycles. The summed E-state index contributed by atoms with van der Waals surface area (Å²) in [6.07, 6.45) is 5.18. The van der Waals surface area contributed by atoms with Gasteiger partial charge in [-0.05, 0) is 0 Å². The summed E-state index contributed by atoms with van der Waals surface area (Å²) in [4.78, 5) is 0. The second-order valence-corrected chi connectivity index (χ2v) is 22.6. The Morgan fingerprint density at radius 2 is 0.755 bits per heavy atom. The van der Waals surface area contributed by atoms with Crippen LogP contribution in [0.1, 0.15) is 44.5 Å². The Morgan fingerprint density at radius 3 is 1.09 bits per heavy atom. The van der Waals surface area contributed by atoms with Gasteiger partial charge >= 0.3 is 305 Å². The van der Waals surface area contributed by atoms with Crippen molar-refractivity contribution in [2.24, 2.45) is 0 Å². The number of hydrogen-bond donors (Lipinski definition) is 0. The number of halogens is 2. The number of allylic oxidation sites excluding steroid dienone is 2. The Hall–Kier alpha value is -4.43. The maximum absolute atomic E-state index is 2.59. The molecule has 1 heterocycles. The summed E-state index contributed by atoms with van der Waals surface area (Å²) in [5.74, 6) is 0. The van der Waals surface area contributed by atoms with Gasteiger partial charge in [-0.1, -0.05) is 0 Å². The van der Waals surface area contributed by atoms with Crippen molar-refractivity contribution in [1.82, 2.24) is 0 Å². The van der Waals surface area contributed by atoms with Crippen molar-refractivity contribution in [3.63, 3.8) is 0 Å². The van der Waals surface area contributed by atoms with Gasteiger partial charge in [-0.15, -0.1) is 0 Å². The van der Waals surface area contributed by atoms with E-state index in [0.717, 1.165) is 0 Å². The first-order chi connectivity index (χ1) is 25.1. The fourth-order valence-corrected chi connectivity index (χ4v) is 21.0. The van der Waals surface area contributed by atoms with E-state index in [2.05, 4.69) is 172 Å². The van der Waals surface area contributed by atoms with Crippen LogP contribution in [0.5, 0.6) is 0 Å². The van der Waals surface area contributed by atoms with E-state index in [0.29, 0.717) is 8.45 Å². The topological polar surface area (TPSA) is 0 Å². The average Bonchev–Trinajstić information content (AvgIpc) is 3.74. The average molecular weight is 758 g/mol. The van der Waals surface area contributed by atoms with Gasteiger partial charge in [-0.2, -0.15) is 0 Å². The minimum Gasteiger partial charge on any atom is -1.00 e. The summed E-state index contributed by atoms with van der Waals surface area (Å²) in [6.45, 7) is 4.91. The van der Waals surface area contributed by atoms with Crippen LogP contribution in [0.15, 0.2) is 157 Å². The van der Waals surface area contributed by atoms with Gasteiger partial charge in [0.15, 0.2) is 0 Å². The summed E-state index contributed by atoms with van der Waals surface area (Å²) in [5, 5.41) is 10.6. The molecule has 0 nitrogen and oxygen atoms in total. The quantitative estimate of drug-likeness (QED) is 0.125. The summed E-state index contributed by atoms with van der Waals surface area (Å²) in [6, 6.07) is 55.0.